The van der Waals surface area contributed by atoms with Gasteiger partial charge in [-0.25, -0.2) is 9.37 Å². The number of nitrogens with two attached hydrogens (primary N) is 1. The molecule has 0 radical (unpaired) electrons. The molecule has 1 aromatic heterocycles. The summed E-state index contributed by atoms with van der Waals surface area (Å²) in [6, 6.07) is 8.24. The average Bonchev–Trinajstić information content (AvgIpc) is 2.49. The van der Waals surface area contributed by atoms with E-state index >= 15 is 0 Å². The Bertz CT molecular complexity index is 592. The molecule has 1 heterocycles. The van der Waals surface area contributed by atoms with Gasteiger partial charge >= 0.3 is 0 Å². The summed E-state index contributed by atoms with van der Waals surface area (Å²) in [5, 5.41) is 0.382. The maximum Gasteiger partial charge on any atom is 0.212 e. The van der Waals surface area contributed by atoms with Gasteiger partial charge in [-0.05, 0) is 36.1 Å². The van der Waals surface area contributed by atoms with Crippen LogP contribution in [0.2, 0.25) is 5.02 Å². The van der Waals surface area contributed by atoms with Crippen LogP contribution < -0.4 is 16.0 Å². The molecule has 0 aliphatic heterocycles. The van der Waals surface area contributed by atoms with Crippen molar-refractivity contribution in [1.29, 1.82) is 0 Å². The van der Waals surface area contributed by atoms with E-state index in [4.69, 9.17) is 22.2 Å². The molecule has 2 aromatic rings. The average molecular weight is 310 g/mol. The number of aromatic nitrogens is 1. The van der Waals surface area contributed by atoms with Crippen molar-refractivity contribution < 1.29 is 9.13 Å². The van der Waals surface area contributed by atoms with E-state index < -0.39 is 0 Å². The molecule has 112 valence electrons. The van der Waals surface area contributed by atoms with Gasteiger partial charge in [-0.2, -0.15) is 0 Å². The molecule has 0 spiro atoms. The number of halogens is 2. The number of hydrogen-bond donors (Lipinski definition) is 2. The quantitative estimate of drug-likeness (QED) is 0.636. The first-order valence-electron chi connectivity index (χ1n) is 6.51. The predicted molar refractivity (Wildman–Crippen MR) is 80.7 cm³/mol. The van der Waals surface area contributed by atoms with Crippen LogP contribution in [0.15, 0.2) is 36.5 Å². The highest BCUT2D eigenvalue weighted by Gasteiger charge is 2.12. The lowest BCUT2D eigenvalue weighted by atomic mass is 10.00. The number of ether oxygens (including phenoxy) is 1. The van der Waals surface area contributed by atoms with E-state index in [0.717, 1.165) is 5.56 Å². The summed E-state index contributed by atoms with van der Waals surface area (Å²) >= 11 is 5.75. The van der Waals surface area contributed by atoms with E-state index in [1.165, 1.54) is 6.07 Å². The van der Waals surface area contributed by atoms with Crippen LogP contribution in [0.25, 0.3) is 0 Å². The molecule has 1 aromatic carbocycles. The number of hydrazine groups is 1. The predicted octanol–water partition coefficient (Wildman–Crippen LogP) is 2.50. The second-order valence-electron chi connectivity index (χ2n) is 4.72. The Labute approximate surface area is 128 Å². The van der Waals surface area contributed by atoms with E-state index in [0.29, 0.717) is 29.3 Å². The lowest BCUT2D eigenvalue weighted by Gasteiger charge is -2.16. The molecule has 0 saturated heterocycles. The Balaban J connectivity index is 2.05. The van der Waals surface area contributed by atoms with Gasteiger partial charge in [0, 0.05) is 23.3 Å². The molecule has 1 atom stereocenters. The van der Waals surface area contributed by atoms with Gasteiger partial charge in [-0.3, -0.25) is 11.3 Å². The summed E-state index contributed by atoms with van der Waals surface area (Å²) in [4.78, 5) is 4.14. The van der Waals surface area contributed by atoms with Crippen LogP contribution >= 0.6 is 11.6 Å². The standard InChI is InChI=1S/C15H17ClFN3O/c1-21-15-5-2-10(9-19-15)6-13(20-18)7-11-3-4-12(16)8-14(11)17/h2-5,8-9,13,20H,6-7,18H2,1H3. The molecule has 3 N–H and O–H groups in total. The maximum absolute atomic E-state index is 13.8. The summed E-state index contributed by atoms with van der Waals surface area (Å²) in [6.07, 6.45) is 2.82. The molecule has 2 rings (SSSR count). The topological polar surface area (TPSA) is 60.2 Å². The number of nitrogens with zero attached hydrogens (tertiary/aromatic N) is 1. The Hall–Kier alpha value is -1.69. The van der Waals surface area contributed by atoms with Gasteiger partial charge in [0.15, 0.2) is 0 Å². The van der Waals surface area contributed by atoms with Crippen LogP contribution in [0.5, 0.6) is 5.88 Å². The zero-order valence-electron chi connectivity index (χ0n) is 11.6. The van der Waals surface area contributed by atoms with Crippen molar-refractivity contribution in [1.82, 2.24) is 10.4 Å². The fourth-order valence-corrected chi connectivity index (χ4v) is 2.24. The van der Waals surface area contributed by atoms with Crippen molar-refractivity contribution in [3.63, 3.8) is 0 Å². The molecule has 0 fully saturated rings. The molecule has 0 aliphatic carbocycles. The first-order valence-corrected chi connectivity index (χ1v) is 6.89. The van der Waals surface area contributed by atoms with Gasteiger partial charge in [-0.1, -0.05) is 23.7 Å². The summed E-state index contributed by atoms with van der Waals surface area (Å²) in [5.41, 5.74) is 4.28. The smallest absolute Gasteiger partial charge is 0.212 e. The van der Waals surface area contributed by atoms with Crippen molar-refractivity contribution in [2.24, 2.45) is 5.84 Å². The van der Waals surface area contributed by atoms with Gasteiger partial charge in [0.1, 0.15) is 5.82 Å². The van der Waals surface area contributed by atoms with E-state index in [1.807, 2.05) is 6.07 Å². The summed E-state index contributed by atoms with van der Waals surface area (Å²) in [5.74, 6) is 5.79. The molecular formula is C15H17ClFN3O. The molecule has 4 nitrogen and oxygen atoms in total. The van der Waals surface area contributed by atoms with Crippen molar-refractivity contribution >= 4 is 11.6 Å². The van der Waals surface area contributed by atoms with Crippen LogP contribution in [-0.2, 0) is 12.8 Å². The zero-order chi connectivity index (χ0) is 15.2. The van der Waals surface area contributed by atoms with Gasteiger partial charge in [0.25, 0.3) is 0 Å². The SMILES string of the molecule is COc1ccc(CC(Cc2ccc(Cl)cc2F)NN)cn1. The Morgan fingerprint density at radius 1 is 1.33 bits per heavy atom. The number of rotatable bonds is 6. The Morgan fingerprint density at radius 2 is 2.14 bits per heavy atom. The first-order chi connectivity index (χ1) is 10.1. The van der Waals surface area contributed by atoms with Crippen molar-refractivity contribution in [3.8, 4) is 5.88 Å². The monoisotopic (exact) mass is 309 g/mol. The zero-order valence-corrected chi connectivity index (χ0v) is 12.4. The number of hydrogen-bond acceptors (Lipinski definition) is 4. The van der Waals surface area contributed by atoms with Gasteiger partial charge in [-0.15, -0.1) is 0 Å². The molecule has 6 heteroatoms. The molecular weight excluding hydrogens is 293 g/mol. The number of benzene rings is 1. The van der Waals surface area contributed by atoms with E-state index in [-0.39, 0.29) is 11.9 Å². The lowest BCUT2D eigenvalue weighted by Crippen LogP contribution is -2.38. The Kier molecular flexibility index (Phi) is 5.50. The second-order valence-corrected chi connectivity index (χ2v) is 5.15. The fraction of sp³-hybridized carbons (Fsp3) is 0.267. The summed E-state index contributed by atoms with van der Waals surface area (Å²) in [6.45, 7) is 0. The van der Waals surface area contributed by atoms with Crippen LogP contribution in [0, 0.1) is 5.82 Å². The third-order valence-electron chi connectivity index (χ3n) is 3.21. The number of methoxy groups -OCH3 is 1. The van der Waals surface area contributed by atoms with Crippen LogP contribution in [0.4, 0.5) is 4.39 Å². The maximum atomic E-state index is 13.8. The molecule has 1 unspecified atom stereocenters. The van der Waals surface area contributed by atoms with E-state index in [9.17, 15) is 4.39 Å². The molecule has 0 saturated carbocycles. The van der Waals surface area contributed by atoms with Gasteiger partial charge in [0.05, 0.1) is 7.11 Å². The van der Waals surface area contributed by atoms with Gasteiger partial charge < -0.3 is 4.74 Å². The van der Waals surface area contributed by atoms with Crippen molar-refractivity contribution in [2.45, 2.75) is 18.9 Å². The van der Waals surface area contributed by atoms with Gasteiger partial charge in [0.2, 0.25) is 5.88 Å². The highest BCUT2D eigenvalue weighted by molar-refractivity contribution is 6.30. The molecule has 0 bridgehead atoms. The second kappa shape index (κ2) is 7.36. The number of nitrogens with one attached hydrogen (secondary N) is 1. The van der Waals surface area contributed by atoms with Crippen LogP contribution in [0.3, 0.4) is 0 Å². The normalized spacial score (nSPS) is 12.2. The molecule has 21 heavy (non-hydrogen) atoms. The fourth-order valence-electron chi connectivity index (χ4n) is 2.08. The van der Waals surface area contributed by atoms with Crippen molar-refractivity contribution in [2.75, 3.05) is 7.11 Å². The van der Waals surface area contributed by atoms with E-state index in [2.05, 4.69) is 10.4 Å². The van der Waals surface area contributed by atoms with Crippen LogP contribution in [0.1, 0.15) is 11.1 Å². The summed E-state index contributed by atoms with van der Waals surface area (Å²) in [7, 11) is 1.57. The Morgan fingerprint density at radius 3 is 2.71 bits per heavy atom. The minimum Gasteiger partial charge on any atom is -0.481 e. The number of pyridine rings is 1. The van der Waals surface area contributed by atoms with E-state index in [1.54, 1.807) is 31.5 Å². The largest absolute Gasteiger partial charge is 0.481 e. The summed E-state index contributed by atoms with van der Waals surface area (Å²) < 4.78 is 18.8. The highest BCUT2D eigenvalue weighted by atomic mass is 35.5. The van der Waals surface area contributed by atoms with Crippen LogP contribution in [-0.4, -0.2) is 18.1 Å². The minimum atomic E-state index is -0.324. The first kappa shape index (κ1) is 15.7. The highest BCUT2D eigenvalue weighted by Crippen LogP contribution is 2.17. The third-order valence-corrected chi connectivity index (χ3v) is 3.44. The third kappa shape index (κ3) is 4.39. The molecule has 0 aliphatic rings. The van der Waals surface area contributed by atoms with Crippen molar-refractivity contribution in [3.05, 3.63) is 58.5 Å². The molecule has 0 amide bonds. The minimum absolute atomic E-state index is 0.101. The lowest BCUT2D eigenvalue weighted by molar-refractivity contribution is 0.397.